The zero-order valence-corrected chi connectivity index (χ0v) is 10.1. The molecule has 3 N–H and O–H groups in total. The first kappa shape index (κ1) is 12.0. The van der Waals surface area contributed by atoms with Crippen molar-refractivity contribution in [2.24, 2.45) is 5.73 Å². The third-order valence-electron chi connectivity index (χ3n) is 2.55. The summed E-state index contributed by atoms with van der Waals surface area (Å²) in [5.41, 5.74) is 7.43. The Morgan fingerprint density at radius 2 is 2.11 bits per heavy atom. The fourth-order valence-electron chi connectivity index (χ4n) is 1.63. The van der Waals surface area contributed by atoms with Crippen molar-refractivity contribution in [3.05, 3.63) is 47.9 Å². The standard InChI is InChI=1S/C13H14N4O/c1-2-9-5-3-4-6-10(9)16-12-8-15-7-11(17-12)13(14)18/h3-8H,2H2,1H3,(H2,14,18)(H,16,17). The van der Waals surface area contributed by atoms with Gasteiger partial charge in [-0.25, -0.2) is 4.98 Å². The molecule has 1 aromatic carbocycles. The maximum atomic E-state index is 11.0. The molecule has 1 aromatic heterocycles. The molecule has 2 aromatic rings. The SMILES string of the molecule is CCc1ccccc1Nc1cncc(C(N)=O)n1. The highest BCUT2D eigenvalue weighted by molar-refractivity contribution is 5.90. The number of hydrogen-bond acceptors (Lipinski definition) is 4. The summed E-state index contributed by atoms with van der Waals surface area (Å²) in [5.74, 6) is -0.0814. The van der Waals surface area contributed by atoms with E-state index in [4.69, 9.17) is 5.73 Å². The summed E-state index contributed by atoms with van der Waals surface area (Å²) in [6, 6.07) is 7.91. The predicted molar refractivity (Wildman–Crippen MR) is 69.7 cm³/mol. The Hall–Kier alpha value is -2.43. The minimum Gasteiger partial charge on any atom is -0.364 e. The first-order valence-electron chi connectivity index (χ1n) is 5.67. The molecule has 92 valence electrons. The highest BCUT2D eigenvalue weighted by Crippen LogP contribution is 2.19. The van der Waals surface area contributed by atoms with E-state index >= 15 is 0 Å². The number of para-hydroxylation sites is 1. The highest BCUT2D eigenvalue weighted by Gasteiger charge is 2.05. The third-order valence-corrected chi connectivity index (χ3v) is 2.55. The van der Waals surface area contributed by atoms with Crippen LogP contribution < -0.4 is 11.1 Å². The molecule has 0 saturated heterocycles. The molecule has 0 radical (unpaired) electrons. The van der Waals surface area contributed by atoms with Gasteiger partial charge < -0.3 is 11.1 Å². The topological polar surface area (TPSA) is 80.9 Å². The van der Waals surface area contributed by atoms with Gasteiger partial charge in [0.25, 0.3) is 5.91 Å². The molecule has 0 spiro atoms. The van der Waals surface area contributed by atoms with E-state index in [1.807, 2.05) is 24.3 Å². The predicted octanol–water partition coefficient (Wildman–Crippen LogP) is 1.88. The van der Waals surface area contributed by atoms with Gasteiger partial charge in [0.1, 0.15) is 11.5 Å². The number of carbonyl (C=O) groups excluding carboxylic acids is 1. The largest absolute Gasteiger partial charge is 0.364 e. The number of carbonyl (C=O) groups is 1. The van der Waals surface area contributed by atoms with Crippen LogP contribution in [0.3, 0.4) is 0 Å². The maximum Gasteiger partial charge on any atom is 0.268 e. The van der Waals surface area contributed by atoms with Gasteiger partial charge in [-0.05, 0) is 18.1 Å². The van der Waals surface area contributed by atoms with Crippen LogP contribution in [0.15, 0.2) is 36.7 Å². The summed E-state index contributed by atoms with van der Waals surface area (Å²) >= 11 is 0. The third kappa shape index (κ3) is 2.63. The molecule has 5 nitrogen and oxygen atoms in total. The summed E-state index contributed by atoms with van der Waals surface area (Å²) in [5, 5.41) is 3.14. The van der Waals surface area contributed by atoms with Gasteiger partial charge in [-0.1, -0.05) is 25.1 Å². The van der Waals surface area contributed by atoms with E-state index in [1.165, 1.54) is 11.8 Å². The summed E-state index contributed by atoms with van der Waals surface area (Å²) < 4.78 is 0. The van der Waals surface area contributed by atoms with Crippen molar-refractivity contribution in [3.8, 4) is 0 Å². The minimum atomic E-state index is -0.588. The van der Waals surface area contributed by atoms with Crippen LogP contribution in [0.5, 0.6) is 0 Å². The average Bonchev–Trinajstić information content (AvgIpc) is 2.39. The Morgan fingerprint density at radius 3 is 2.83 bits per heavy atom. The number of hydrogen-bond donors (Lipinski definition) is 2. The van der Waals surface area contributed by atoms with Crippen LogP contribution in [0.2, 0.25) is 0 Å². The number of benzene rings is 1. The smallest absolute Gasteiger partial charge is 0.268 e. The van der Waals surface area contributed by atoms with Crippen LogP contribution in [0, 0.1) is 0 Å². The molecule has 0 aliphatic rings. The molecule has 1 heterocycles. The molecule has 18 heavy (non-hydrogen) atoms. The monoisotopic (exact) mass is 242 g/mol. The number of amides is 1. The van der Waals surface area contributed by atoms with Crippen LogP contribution in [-0.2, 0) is 6.42 Å². The van der Waals surface area contributed by atoms with E-state index in [1.54, 1.807) is 6.20 Å². The van der Waals surface area contributed by atoms with Crippen LogP contribution in [0.4, 0.5) is 11.5 Å². The van der Waals surface area contributed by atoms with Gasteiger partial charge >= 0.3 is 0 Å². The quantitative estimate of drug-likeness (QED) is 0.857. The summed E-state index contributed by atoms with van der Waals surface area (Å²) in [4.78, 5) is 19.0. The van der Waals surface area contributed by atoms with E-state index in [-0.39, 0.29) is 5.69 Å². The Bertz CT molecular complexity index is 568. The van der Waals surface area contributed by atoms with Crippen molar-refractivity contribution >= 4 is 17.4 Å². The van der Waals surface area contributed by atoms with Crippen molar-refractivity contribution in [1.82, 2.24) is 9.97 Å². The number of nitrogens with two attached hydrogens (primary N) is 1. The summed E-state index contributed by atoms with van der Waals surface area (Å²) in [7, 11) is 0. The Kier molecular flexibility index (Phi) is 3.52. The molecule has 5 heteroatoms. The molecule has 0 aliphatic carbocycles. The van der Waals surface area contributed by atoms with Crippen molar-refractivity contribution in [3.63, 3.8) is 0 Å². The lowest BCUT2D eigenvalue weighted by molar-refractivity contribution is 0.0995. The number of primary amides is 1. The lowest BCUT2D eigenvalue weighted by atomic mass is 10.1. The molecule has 0 bridgehead atoms. The Balaban J connectivity index is 2.28. The maximum absolute atomic E-state index is 11.0. The number of nitrogens with one attached hydrogen (secondary N) is 1. The van der Waals surface area contributed by atoms with Gasteiger partial charge in [0.2, 0.25) is 0 Å². The second-order valence-electron chi connectivity index (χ2n) is 3.79. The molecule has 0 aliphatic heterocycles. The van der Waals surface area contributed by atoms with Crippen molar-refractivity contribution in [2.75, 3.05) is 5.32 Å². The van der Waals surface area contributed by atoms with Gasteiger partial charge in [0.05, 0.1) is 12.4 Å². The first-order valence-corrected chi connectivity index (χ1v) is 5.67. The molecule has 1 amide bonds. The Morgan fingerprint density at radius 1 is 1.33 bits per heavy atom. The first-order chi connectivity index (χ1) is 8.70. The van der Waals surface area contributed by atoms with Crippen LogP contribution in [0.1, 0.15) is 23.0 Å². The van der Waals surface area contributed by atoms with E-state index in [0.717, 1.165) is 12.1 Å². The van der Waals surface area contributed by atoms with Crippen molar-refractivity contribution in [1.29, 1.82) is 0 Å². The molecule has 0 atom stereocenters. The fraction of sp³-hybridized carbons (Fsp3) is 0.154. The van der Waals surface area contributed by atoms with E-state index in [0.29, 0.717) is 5.82 Å². The number of aryl methyl sites for hydroxylation is 1. The van der Waals surface area contributed by atoms with Gasteiger partial charge in [-0.3, -0.25) is 9.78 Å². The highest BCUT2D eigenvalue weighted by atomic mass is 16.1. The number of rotatable bonds is 4. The van der Waals surface area contributed by atoms with Crippen LogP contribution >= 0.6 is 0 Å². The zero-order chi connectivity index (χ0) is 13.0. The van der Waals surface area contributed by atoms with Crippen molar-refractivity contribution in [2.45, 2.75) is 13.3 Å². The fourth-order valence-corrected chi connectivity index (χ4v) is 1.63. The lowest BCUT2D eigenvalue weighted by Gasteiger charge is -2.09. The van der Waals surface area contributed by atoms with Crippen LogP contribution in [-0.4, -0.2) is 15.9 Å². The van der Waals surface area contributed by atoms with Gasteiger partial charge in [0, 0.05) is 5.69 Å². The normalized spacial score (nSPS) is 10.1. The molecule has 2 rings (SSSR count). The lowest BCUT2D eigenvalue weighted by Crippen LogP contribution is -2.14. The van der Waals surface area contributed by atoms with E-state index in [9.17, 15) is 4.79 Å². The molecule has 0 saturated carbocycles. The summed E-state index contributed by atoms with van der Waals surface area (Å²) in [6.07, 6.45) is 3.81. The average molecular weight is 242 g/mol. The summed E-state index contributed by atoms with van der Waals surface area (Å²) in [6.45, 7) is 2.08. The zero-order valence-electron chi connectivity index (χ0n) is 10.1. The van der Waals surface area contributed by atoms with Gasteiger partial charge in [-0.2, -0.15) is 0 Å². The molecular weight excluding hydrogens is 228 g/mol. The molecule has 0 fully saturated rings. The van der Waals surface area contributed by atoms with Crippen LogP contribution in [0.25, 0.3) is 0 Å². The van der Waals surface area contributed by atoms with E-state index < -0.39 is 5.91 Å². The number of anilines is 2. The minimum absolute atomic E-state index is 0.147. The van der Waals surface area contributed by atoms with Gasteiger partial charge in [-0.15, -0.1) is 0 Å². The second-order valence-corrected chi connectivity index (χ2v) is 3.79. The molecule has 0 unspecified atom stereocenters. The van der Waals surface area contributed by atoms with Crippen molar-refractivity contribution < 1.29 is 4.79 Å². The Labute approximate surface area is 105 Å². The number of aromatic nitrogens is 2. The second kappa shape index (κ2) is 5.27. The van der Waals surface area contributed by atoms with Gasteiger partial charge in [0.15, 0.2) is 0 Å². The molecular formula is C13H14N4O. The van der Waals surface area contributed by atoms with E-state index in [2.05, 4.69) is 22.2 Å². The number of nitrogens with zero attached hydrogens (tertiary/aromatic N) is 2.